The molecule has 20 heavy (non-hydrogen) atoms. The minimum absolute atomic E-state index is 0.0463. The Morgan fingerprint density at radius 1 is 1.25 bits per heavy atom. The van der Waals surface area contributed by atoms with Crippen LogP contribution in [0.3, 0.4) is 0 Å². The Morgan fingerprint density at radius 3 is 2.30 bits per heavy atom. The van der Waals surface area contributed by atoms with Crippen molar-refractivity contribution in [1.82, 2.24) is 9.80 Å². The van der Waals surface area contributed by atoms with Crippen molar-refractivity contribution in [3.05, 3.63) is 0 Å². The Hall–Kier alpha value is -1.14. The summed E-state index contributed by atoms with van der Waals surface area (Å²) in [5.74, 6) is -1.27. The van der Waals surface area contributed by atoms with Gasteiger partial charge in [0.25, 0.3) is 0 Å². The summed E-state index contributed by atoms with van der Waals surface area (Å²) < 4.78 is 5.00. The average Bonchev–Trinajstić information content (AvgIpc) is 2.40. The van der Waals surface area contributed by atoms with Crippen LogP contribution in [0.5, 0.6) is 0 Å². The zero-order chi connectivity index (χ0) is 15.5. The number of carboxylic acids is 1. The lowest BCUT2D eigenvalue weighted by Gasteiger charge is -2.27. The first-order valence-corrected chi connectivity index (χ1v) is 7.18. The molecule has 0 fully saturated rings. The number of hydrogen-bond acceptors (Lipinski definition) is 4. The van der Waals surface area contributed by atoms with E-state index in [0.29, 0.717) is 32.8 Å². The van der Waals surface area contributed by atoms with E-state index in [2.05, 4.69) is 0 Å². The highest BCUT2D eigenvalue weighted by molar-refractivity contribution is 5.78. The minimum Gasteiger partial charge on any atom is -0.481 e. The van der Waals surface area contributed by atoms with E-state index in [4.69, 9.17) is 9.84 Å². The molecule has 1 amide bonds. The molecule has 6 heteroatoms. The minimum atomic E-state index is -0.836. The predicted octanol–water partition coefficient (Wildman–Crippen LogP) is 0.914. The standard InChI is InChI=1S/C14H28N2O4/c1-5-16(6-2)13(17)11-15(8-7-9-20-4)10-12(3)14(18)19/h12H,5-11H2,1-4H3,(H,18,19). The summed E-state index contributed by atoms with van der Waals surface area (Å²) in [5.41, 5.74) is 0. The fraction of sp³-hybridized carbons (Fsp3) is 0.857. The summed E-state index contributed by atoms with van der Waals surface area (Å²) in [6.07, 6.45) is 0.786. The summed E-state index contributed by atoms with van der Waals surface area (Å²) in [4.78, 5) is 26.7. The van der Waals surface area contributed by atoms with Crippen molar-refractivity contribution in [1.29, 1.82) is 0 Å². The van der Waals surface area contributed by atoms with E-state index < -0.39 is 11.9 Å². The normalized spacial score (nSPS) is 12.4. The Bertz CT molecular complexity index is 293. The van der Waals surface area contributed by atoms with Crippen LogP contribution in [0.25, 0.3) is 0 Å². The highest BCUT2D eigenvalue weighted by Crippen LogP contribution is 2.03. The molecule has 1 atom stereocenters. The second-order valence-electron chi connectivity index (χ2n) is 4.89. The SMILES string of the molecule is CCN(CC)C(=O)CN(CCCOC)CC(C)C(=O)O. The van der Waals surface area contributed by atoms with Crippen LogP contribution < -0.4 is 0 Å². The van der Waals surface area contributed by atoms with Crippen molar-refractivity contribution in [2.45, 2.75) is 27.2 Å². The first-order valence-electron chi connectivity index (χ1n) is 7.18. The van der Waals surface area contributed by atoms with Crippen LogP contribution in [0, 0.1) is 5.92 Å². The lowest BCUT2D eigenvalue weighted by Crippen LogP contribution is -2.43. The third-order valence-corrected chi connectivity index (χ3v) is 3.25. The maximum atomic E-state index is 12.1. The largest absolute Gasteiger partial charge is 0.481 e. The van der Waals surface area contributed by atoms with Crippen LogP contribution in [0.4, 0.5) is 0 Å². The molecule has 0 spiro atoms. The van der Waals surface area contributed by atoms with Gasteiger partial charge in [-0.2, -0.15) is 0 Å². The van der Waals surface area contributed by atoms with Crippen molar-refractivity contribution in [3.8, 4) is 0 Å². The smallest absolute Gasteiger partial charge is 0.307 e. The lowest BCUT2D eigenvalue weighted by molar-refractivity contribution is -0.142. The van der Waals surface area contributed by atoms with Gasteiger partial charge >= 0.3 is 5.97 Å². The van der Waals surface area contributed by atoms with Crippen molar-refractivity contribution in [2.75, 3.05) is 46.4 Å². The van der Waals surface area contributed by atoms with Crippen LogP contribution in [-0.4, -0.2) is 73.2 Å². The van der Waals surface area contributed by atoms with Gasteiger partial charge in [0.15, 0.2) is 0 Å². The molecule has 0 aromatic heterocycles. The molecule has 0 aliphatic carbocycles. The van der Waals surface area contributed by atoms with E-state index in [-0.39, 0.29) is 12.5 Å². The topological polar surface area (TPSA) is 70.1 Å². The molecule has 6 nitrogen and oxygen atoms in total. The number of aliphatic carboxylic acids is 1. The van der Waals surface area contributed by atoms with E-state index in [9.17, 15) is 9.59 Å². The molecule has 1 N–H and O–H groups in total. The van der Waals surface area contributed by atoms with Crippen LogP contribution >= 0.6 is 0 Å². The summed E-state index contributed by atoms with van der Waals surface area (Å²) >= 11 is 0. The van der Waals surface area contributed by atoms with Crippen molar-refractivity contribution in [2.24, 2.45) is 5.92 Å². The highest BCUT2D eigenvalue weighted by Gasteiger charge is 2.20. The van der Waals surface area contributed by atoms with Crippen LogP contribution in [0.15, 0.2) is 0 Å². The Labute approximate surface area is 121 Å². The summed E-state index contributed by atoms with van der Waals surface area (Å²) in [7, 11) is 1.63. The van der Waals surface area contributed by atoms with E-state index >= 15 is 0 Å². The van der Waals surface area contributed by atoms with E-state index in [1.54, 1.807) is 18.9 Å². The zero-order valence-electron chi connectivity index (χ0n) is 13.1. The van der Waals surface area contributed by atoms with Gasteiger partial charge in [0.2, 0.25) is 5.91 Å². The number of hydrogen-bond donors (Lipinski definition) is 1. The molecule has 0 aliphatic heterocycles. The molecule has 0 saturated heterocycles. The molecule has 0 aliphatic rings. The first kappa shape index (κ1) is 18.9. The van der Waals surface area contributed by atoms with Gasteiger partial charge in [0.1, 0.15) is 0 Å². The number of carbonyl (C=O) groups excluding carboxylic acids is 1. The van der Waals surface area contributed by atoms with Crippen molar-refractivity contribution < 1.29 is 19.4 Å². The average molecular weight is 288 g/mol. The number of likely N-dealkylation sites (N-methyl/N-ethyl adjacent to an activating group) is 1. The van der Waals surface area contributed by atoms with Gasteiger partial charge in [0, 0.05) is 39.9 Å². The summed E-state index contributed by atoms with van der Waals surface area (Å²) in [6.45, 7) is 8.82. The Balaban J connectivity index is 4.50. The molecule has 0 radical (unpaired) electrons. The molecule has 118 valence electrons. The number of ether oxygens (including phenoxy) is 1. The number of rotatable bonds is 11. The van der Waals surface area contributed by atoms with Crippen molar-refractivity contribution >= 4 is 11.9 Å². The number of nitrogens with zero attached hydrogens (tertiary/aromatic N) is 2. The summed E-state index contributed by atoms with van der Waals surface area (Å²) in [6, 6.07) is 0. The second-order valence-corrected chi connectivity index (χ2v) is 4.89. The first-order chi connectivity index (χ1) is 9.46. The maximum absolute atomic E-state index is 12.1. The zero-order valence-corrected chi connectivity index (χ0v) is 13.1. The third-order valence-electron chi connectivity index (χ3n) is 3.25. The number of methoxy groups -OCH3 is 1. The number of amides is 1. The molecule has 0 aromatic carbocycles. The monoisotopic (exact) mass is 288 g/mol. The van der Waals surface area contributed by atoms with Crippen LogP contribution in [0.1, 0.15) is 27.2 Å². The van der Waals surface area contributed by atoms with Crippen LogP contribution in [0.2, 0.25) is 0 Å². The van der Waals surface area contributed by atoms with Gasteiger partial charge in [-0.3, -0.25) is 14.5 Å². The molecule has 0 rings (SSSR count). The van der Waals surface area contributed by atoms with E-state index in [1.807, 2.05) is 18.7 Å². The van der Waals surface area contributed by atoms with Gasteiger partial charge < -0.3 is 14.7 Å². The maximum Gasteiger partial charge on any atom is 0.307 e. The Morgan fingerprint density at radius 2 is 1.85 bits per heavy atom. The number of carbonyl (C=O) groups is 2. The molecule has 0 bridgehead atoms. The molecule has 0 saturated carbocycles. The van der Waals surface area contributed by atoms with E-state index in [1.165, 1.54) is 0 Å². The lowest BCUT2D eigenvalue weighted by atomic mass is 10.1. The molecule has 0 heterocycles. The quantitative estimate of drug-likeness (QED) is 0.572. The van der Waals surface area contributed by atoms with E-state index in [0.717, 1.165) is 6.42 Å². The van der Waals surface area contributed by atoms with Gasteiger partial charge in [-0.25, -0.2) is 0 Å². The fourth-order valence-corrected chi connectivity index (χ4v) is 2.00. The molecular weight excluding hydrogens is 260 g/mol. The van der Waals surface area contributed by atoms with Gasteiger partial charge in [0.05, 0.1) is 12.5 Å². The molecular formula is C14H28N2O4. The highest BCUT2D eigenvalue weighted by atomic mass is 16.5. The third kappa shape index (κ3) is 7.45. The van der Waals surface area contributed by atoms with Crippen LogP contribution in [-0.2, 0) is 14.3 Å². The molecule has 0 aromatic rings. The van der Waals surface area contributed by atoms with Crippen molar-refractivity contribution in [3.63, 3.8) is 0 Å². The predicted molar refractivity (Wildman–Crippen MR) is 77.7 cm³/mol. The van der Waals surface area contributed by atoms with Gasteiger partial charge in [-0.1, -0.05) is 6.92 Å². The molecule has 1 unspecified atom stereocenters. The van der Waals surface area contributed by atoms with Gasteiger partial charge in [-0.05, 0) is 20.3 Å². The Kier molecular flexibility index (Phi) is 10.0. The number of carboxylic acid groups (broad SMARTS) is 1. The van der Waals surface area contributed by atoms with Gasteiger partial charge in [-0.15, -0.1) is 0 Å². The fourth-order valence-electron chi connectivity index (χ4n) is 2.00. The summed E-state index contributed by atoms with van der Waals surface area (Å²) in [5, 5.41) is 8.99. The second kappa shape index (κ2) is 10.6.